The number of rotatable bonds is 8. The quantitative estimate of drug-likeness (QED) is 0.664. The zero-order valence-electron chi connectivity index (χ0n) is 11.9. The van der Waals surface area contributed by atoms with Crippen LogP contribution in [0.4, 0.5) is 0 Å². The van der Waals surface area contributed by atoms with Crippen molar-refractivity contribution in [1.29, 1.82) is 0 Å². The highest BCUT2D eigenvalue weighted by Gasteiger charge is 2.08. The molecule has 2 heteroatoms. The second kappa shape index (κ2) is 7.66. The third kappa shape index (κ3) is 4.32. The van der Waals surface area contributed by atoms with Crippen LogP contribution in [0.2, 0.25) is 0 Å². The Morgan fingerprint density at radius 1 is 1.11 bits per heavy atom. The summed E-state index contributed by atoms with van der Waals surface area (Å²) in [6.07, 6.45) is 8.85. The van der Waals surface area contributed by atoms with E-state index in [4.69, 9.17) is 5.73 Å². The van der Waals surface area contributed by atoms with Crippen molar-refractivity contribution in [2.75, 3.05) is 0 Å². The predicted octanol–water partition coefficient (Wildman–Crippen LogP) is 5.13. The lowest BCUT2D eigenvalue weighted by Gasteiger charge is -2.10. The third-order valence-electron chi connectivity index (χ3n) is 3.72. The Labute approximate surface area is 120 Å². The van der Waals surface area contributed by atoms with Crippen molar-refractivity contribution in [3.63, 3.8) is 0 Å². The topological polar surface area (TPSA) is 26.0 Å². The lowest BCUT2D eigenvalue weighted by molar-refractivity contribution is 0.539. The van der Waals surface area contributed by atoms with Gasteiger partial charge in [0, 0.05) is 10.7 Å². The van der Waals surface area contributed by atoms with Gasteiger partial charge in [-0.05, 0) is 35.2 Å². The maximum Gasteiger partial charge on any atom is 0.0345 e. The molecule has 0 amide bonds. The summed E-state index contributed by atoms with van der Waals surface area (Å²) in [5.74, 6) is 0. The normalized spacial score (nSPS) is 12.9. The van der Waals surface area contributed by atoms with E-state index in [9.17, 15) is 0 Å². The van der Waals surface area contributed by atoms with E-state index in [-0.39, 0.29) is 0 Å². The molecule has 19 heavy (non-hydrogen) atoms. The molecule has 0 saturated heterocycles. The van der Waals surface area contributed by atoms with Gasteiger partial charge in [0.15, 0.2) is 0 Å². The van der Waals surface area contributed by atoms with Gasteiger partial charge in [0.25, 0.3) is 0 Å². The van der Waals surface area contributed by atoms with Gasteiger partial charge in [0.05, 0.1) is 0 Å². The highest BCUT2D eigenvalue weighted by Crippen LogP contribution is 2.26. The van der Waals surface area contributed by atoms with Gasteiger partial charge in [0.2, 0.25) is 0 Å². The van der Waals surface area contributed by atoms with Crippen LogP contribution in [0, 0.1) is 0 Å². The number of benzene rings is 1. The first-order valence-corrected chi connectivity index (χ1v) is 8.40. The summed E-state index contributed by atoms with van der Waals surface area (Å²) in [7, 11) is 0. The summed E-state index contributed by atoms with van der Waals surface area (Å²) in [4.78, 5) is 0. The molecule has 0 aliphatic carbocycles. The van der Waals surface area contributed by atoms with E-state index < -0.39 is 0 Å². The first-order valence-electron chi connectivity index (χ1n) is 7.52. The van der Waals surface area contributed by atoms with E-state index in [1.807, 2.05) is 11.3 Å². The molecule has 2 N–H and O–H groups in total. The number of thiophene rings is 1. The van der Waals surface area contributed by atoms with Crippen LogP contribution in [0.1, 0.15) is 51.0 Å². The van der Waals surface area contributed by atoms with Crippen LogP contribution in [0.25, 0.3) is 10.1 Å². The number of hydrogen-bond acceptors (Lipinski definition) is 2. The van der Waals surface area contributed by atoms with Gasteiger partial charge in [-0.3, -0.25) is 0 Å². The fourth-order valence-corrected chi connectivity index (χ4v) is 3.56. The summed E-state index contributed by atoms with van der Waals surface area (Å²) in [5, 5.41) is 3.68. The SMILES string of the molecule is CCCCCCCC(N)Cc1csc2ccccc12. The van der Waals surface area contributed by atoms with Crippen LogP contribution in [0.15, 0.2) is 29.6 Å². The Morgan fingerprint density at radius 3 is 2.74 bits per heavy atom. The van der Waals surface area contributed by atoms with E-state index in [0.29, 0.717) is 6.04 Å². The predicted molar refractivity (Wildman–Crippen MR) is 86.9 cm³/mol. The van der Waals surface area contributed by atoms with Crippen LogP contribution in [0.5, 0.6) is 0 Å². The highest BCUT2D eigenvalue weighted by molar-refractivity contribution is 7.17. The van der Waals surface area contributed by atoms with Gasteiger partial charge in [-0.2, -0.15) is 0 Å². The second-order valence-electron chi connectivity index (χ2n) is 5.42. The van der Waals surface area contributed by atoms with Crippen LogP contribution in [-0.2, 0) is 6.42 Å². The summed E-state index contributed by atoms with van der Waals surface area (Å²) in [5.41, 5.74) is 7.71. The van der Waals surface area contributed by atoms with E-state index >= 15 is 0 Å². The van der Waals surface area contributed by atoms with Gasteiger partial charge in [0.1, 0.15) is 0 Å². The molecule has 0 fully saturated rings. The molecule has 0 saturated carbocycles. The standard InChI is InChI=1S/C17H25NS/c1-2-3-4-5-6-9-15(18)12-14-13-19-17-11-8-7-10-16(14)17/h7-8,10-11,13,15H,2-6,9,12,18H2,1H3. The number of unbranched alkanes of at least 4 members (excludes halogenated alkanes) is 4. The molecule has 0 aliphatic rings. The molecule has 2 rings (SSSR count). The largest absolute Gasteiger partial charge is 0.327 e. The van der Waals surface area contributed by atoms with E-state index in [1.54, 1.807) is 0 Å². The molecular weight excluding hydrogens is 250 g/mol. The summed E-state index contributed by atoms with van der Waals surface area (Å²) < 4.78 is 1.38. The smallest absolute Gasteiger partial charge is 0.0345 e. The minimum atomic E-state index is 0.319. The van der Waals surface area contributed by atoms with Crippen molar-refractivity contribution in [1.82, 2.24) is 0 Å². The molecule has 1 aromatic carbocycles. The van der Waals surface area contributed by atoms with Crippen LogP contribution in [-0.4, -0.2) is 6.04 Å². The van der Waals surface area contributed by atoms with Crippen LogP contribution in [0.3, 0.4) is 0 Å². The number of hydrogen-bond donors (Lipinski definition) is 1. The summed E-state index contributed by atoms with van der Waals surface area (Å²) >= 11 is 1.84. The van der Waals surface area contributed by atoms with Gasteiger partial charge >= 0.3 is 0 Å². The van der Waals surface area contributed by atoms with Crippen LogP contribution >= 0.6 is 11.3 Å². The van der Waals surface area contributed by atoms with Crippen molar-refractivity contribution in [2.45, 2.75) is 57.9 Å². The van der Waals surface area contributed by atoms with Gasteiger partial charge in [-0.1, -0.05) is 57.2 Å². The maximum atomic E-state index is 6.28. The lowest BCUT2D eigenvalue weighted by atomic mass is 10.0. The van der Waals surface area contributed by atoms with Crippen molar-refractivity contribution >= 4 is 21.4 Å². The monoisotopic (exact) mass is 275 g/mol. The maximum absolute atomic E-state index is 6.28. The van der Waals surface area contributed by atoms with Gasteiger partial charge < -0.3 is 5.73 Å². The van der Waals surface area contributed by atoms with E-state index in [1.165, 1.54) is 47.8 Å². The molecule has 1 heterocycles. The molecule has 1 nitrogen and oxygen atoms in total. The molecule has 1 atom stereocenters. The first-order chi connectivity index (χ1) is 9.31. The molecule has 1 aromatic heterocycles. The summed E-state index contributed by atoms with van der Waals surface area (Å²) in [6.45, 7) is 2.26. The van der Waals surface area contributed by atoms with E-state index in [0.717, 1.165) is 12.8 Å². The third-order valence-corrected chi connectivity index (χ3v) is 4.73. The van der Waals surface area contributed by atoms with Crippen molar-refractivity contribution in [3.8, 4) is 0 Å². The Bertz CT molecular complexity index is 489. The molecule has 2 aromatic rings. The van der Waals surface area contributed by atoms with Crippen molar-refractivity contribution in [2.24, 2.45) is 5.73 Å². The highest BCUT2D eigenvalue weighted by atomic mass is 32.1. The summed E-state index contributed by atoms with van der Waals surface area (Å²) in [6, 6.07) is 8.96. The molecule has 0 spiro atoms. The fourth-order valence-electron chi connectivity index (χ4n) is 2.59. The molecule has 0 aliphatic heterocycles. The first kappa shape index (κ1) is 14.5. The fraction of sp³-hybridized carbons (Fsp3) is 0.529. The lowest BCUT2D eigenvalue weighted by Crippen LogP contribution is -2.22. The van der Waals surface area contributed by atoms with E-state index in [2.05, 4.69) is 36.6 Å². The second-order valence-corrected chi connectivity index (χ2v) is 6.34. The average molecular weight is 275 g/mol. The Morgan fingerprint density at radius 2 is 1.89 bits per heavy atom. The Balaban J connectivity index is 1.80. The minimum Gasteiger partial charge on any atom is -0.327 e. The number of fused-ring (bicyclic) bond motifs is 1. The van der Waals surface area contributed by atoms with Crippen LogP contribution < -0.4 is 5.73 Å². The Kier molecular flexibility index (Phi) is 5.87. The molecule has 1 unspecified atom stereocenters. The molecular formula is C17H25NS. The molecule has 0 bridgehead atoms. The van der Waals surface area contributed by atoms with Crippen molar-refractivity contribution in [3.05, 3.63) is 35.2 Å². The van der Waals surface area contributed by atoms with Gasteiger partial charge in [-0.15, -0.1) is 11.3 Å². The zero-order valence-corrected chi connectivity index (χ0v) is 12.7. The molecule has 104 valence electrons. The Hall–Kier alpha value is -0.860. The van der Waals surface area contributed by atoms with Gasteiger partial charge in [-0.25, -0.2) is 0 Å². The minimum absolute atomic E-state index is 0.319. The van der Waals surface area contributed by atoms with Crippen molar-refractivity contribution < 1.29 is 0 Å². The molecule has 0 radical (unpaired) electrons. The number of nitrogens with two attached hydrogens (primary N) is 1. The zero-order chi connectivity index (χ0) is 13.5. The average Bonchev–Trinajstić information content (AvgIpc) is 2.82.